The van der Waals surface area contributed by atoms with E-state index >= 15 is 0 Å². The minimum absolute atomic E-state index is 0.0109. The van der Waals surface area contributed by atoms with Gasteiger partial charge in [-0.1, -0.05) is 31.2 Å². The summed E-state index contributed by atoms with van der Waals surface area (Å²) in [6.07, 6.45) is 0.871. The maximum absolute atomic E-state index is 8.89. The van der Waals surface area contributed by atoms with E-state index in [1.807, 2.05) is 49.4 Å². The highest BCUT2D eigenvalue weighted by Gasteiger charge is 2.10. The van der Waals surface area contributed by atoms with Gasteiger partial charge in [0.25, 0.3) is 0 Å². The molecule has 3 heteroatoms. The highest BCUT2D eigenvalue weighted by molar-refractivity contribution is 5.39. The van der Waals surface area contributed by atoms with Crippen molar-refractivity contribution < 1.29 is 4.74 Å². The minimum atomic E-state index is -0.0109. The molecule has 0 fully saturated rings. The third-order valence-corrected chi connectivity index (χ3v) is 3.61. The summed E-state index contributed by atoms with van der Waals surface area (Å²) in [7, 11) is 0. The molecule has 1 atom stereocenters. The predicted octanol–water partition coefficient (Wildman–Crippen LogP) is 3.86. The first kappa shape index (κ1) is 15.1. The Balaban J connectivity index is 2.16. The summed E-state index contributed by atoms with van der Waals surface area (Å²) < 4.78 is 5.94. The molecule has 0 bridgehead atoms. The van der Waals surface area contributed by atoms with Crippen LogP contribution in [0, 0.1) is 18.3 Å². The number of nitrogens with zero attached hydrogens (tertiary/aromatic N) is 1. The fourth-order valence-corrected chi connectivity index (χ4v) is 2.22. The van der Waals surface area contributed by atoms with E-state index in [0.717, 1.165) is 28.9 Å². The molecule has 0 amide bonds. The molecule has 0 aliphatic heterocycles. The maximum Gasteiger partial charge on any atom is 0.124 e. The Morgan fingerprint density at radius 2 is 2.00 bits per heavy atom. The largest absolute Gasteiger partial charge is 0.489 e. The van der Waals surface area contributed by atoms with E-state index in [2.05, 4.69) is 13.0 Å². The number of nitriles is 1. The fraction of sp³-hybridized carbons (Fsp3) is 0.278. The Morgan fingerprint density at radius 3 is 2.67 bits per heavy atom. The van der Waals surface area contributed by atoms with Crippen LogP contribution in [0.4, 0.5) is 0 Å². The van der Waals surface area contributed by atoms with Crippen LogP contribution >= 0.6 is 0 Å². The molecule has 2 N–H and O–H groups in total. The molecule has 108 valence electrons. The number of ether oxygens (including phenoxy) is 1. The molecule has 2 aromatic rings. The van der Waals surface area contributed by atoms with Gasteiger partial charge in [0.05, 0.1) is 11.6 Å². The van der Waals surface area contributed by atoms with Crippen molar-refractivity contribution in [2.24, 2.45) is 5.73 Å². The van der Waals surface area contributed by atoms with Crippen LogP contribution in [-0.4, -0.2) is 0 Å². The summed E-state index contributed by atoms with van der Waals surface area (Å²) in [6.45, 7) is 4.53. The van der Waals surface area contributed by atoms with Crippen molar-refractivity contribution in [3.63, 3.8) is 0 Å². The first-order valence-corrected chi connectivity index (χ1v) is 7.12. The van der Waals surface area contributed by atoms with Gasteiger partial charge in [0.2, 0.25) is 0 Å². The number of rotatable bonds is 5. The van der Waals surface area contributed by atoms with Crippen LogP contribution in [0.15, 0.2) is 42.5 Å². The predicted molar refractivity (Wildman–Crippen MR) is 83.9 cm³/mol. The van der Waals surface area contributed by atoms with Gasteiger partial charge < -0.3 is 10.5 Å². The molecule has 0 saturated carbocycles. The molecule has 1 unspecified atom stereocenters. The second kappa shape index (κ2) is 6.92. The van der Waals surface area contributed by atoms with Gasteiger partial charge in [0, 0.05) is 11.6 Å². The first-order chi connectivity index (χ1) is 10.2. The molecule has 2 aromatic carbocycles. The smallest absolute Gasteiger partial charge is 0.124 e. The lowest BCUT2D eigenvalue weighted by atomic mass is 10.0. The summed E-state index contributed by atoms with van der Waals surface area (Å²) in [4.78, 5) is 0. The summed E-state index contributed by atoms with van der Waals surface area (Å²) in [5.74, 6) is 0.829. The van der Waals surface area contributed by atoms with Gasteiger partial charge in [-0.05, 0) is 42.7 Å². The number of nitrogens with two attached hydrogens (primary N) is 1. The zero-order valence-electron chi connectivity index (χ0n) is 12.5. The Morgan fingerprint density at radius 1 is 1.24 bits per heavy atom. The van der Waals surface area contributed by atoms with Gasteiger partial charge in [-0.2, -0.15) is 5.26 Å². The summed E-state index contributed by atoms with van der Waals surface area (Å²) >= 11 is 0. The van der Waals surface area contributed by atoms with Crippen LogP contribution in [-0.2, 0) is 6.61 Å². The highest BCUT2D eigenvalue weighted by Crippen LogP contribution is 2.26. The minimum Gasteiger partial charge on any atom is -0.489 e. The van der Waals surface area contributed by atoms with Gasteiger partial charge >= 0.3 is 0 Å². The Kier molecular flexibility index (Phi) is 4.97. The highest BCUT2D eigenvalue weighted by atomic mass is 16.5. The van der Waals surface area contributed by atoms with E-state index in [4.69, 9.17) is 15.7 Å². The van der Waals surface area contributed by atoms with E-state index in [0.29, 0.717) is 12.2 Å². The lowest BCUT2D eigenvalue weighted by Crippen LogP contribution is -2.11. The van der Waals surface area contributed by atoms with Crippen molar-refractivity contribution in [3.8, 4) is 11.8 Å². The molecule has 0 radical (unpaired) electrons. The van der Waals surface area contributed by atoms with E-state index < -0.39 is 0 Å². The molecular weight excluding hydrogens is 260 g/mol. The standard InChI is InChI=1S/C18H20N2O/c1-3-17(20)16-6-4-5-7-18(16)21-12-15-9-8-14(11-19)10-13(15)2/h4-10,17H,3,12,20H2,1-2H3. The van der Waals surface area contributed by atoms with Crippen LogP contribution in [0.3, 0.4) is 0 Å². The monoisotopic (exact) mass is 280 g/mol. The van der Waals surface area contributed by atoms with Gasteiger partial charge in [0.1, 0.15) is 12.4 Å². The Labute approximate surface area is 126 Å². The Hall–Kier alpha value is -2.31. The second-order valence-corrected chi connectivity index (χ2v) is 5.09. The summed E-state index contributed by atoms with van der Waals surface area (Å²) in [5, 5.41) is 8.89. The van der Waals surface area contributed by atoms with Gasteiger partial charge in [0.15, 0.2) is 0 Å². The average Bonchev–Trinajstić information content (AvgIpc) is 2.53. The molecule has 0 saturated heterocycles. The van der Waals surface area contributed by atoms with E-state index in [1.54, 1.807) is 0 Å². The fourth-order valence-electron chi connectivity index (χ4n) is 2.22. The second-order valence-electron chi connectivity index (χ2n) is 5.09. The van der Waals surface area contributed by atoms with Crippen molar-refractivity contribution in [2.45, 2.75) is 32.9 Å². The normalized spacial score (nSPS) is 11.7. The van der Waals surface area contributed by atoms with E-state index in [1.165, 1.54) is 0 Å². The quantitative estimate of drug-likeness (QED) is 0.904. The van der Waals surface area contributed by atoms with Crippen molar-refractivity contribution in [1.82, 2.24) is 0 Å². The number of benzene rings is 2. The zero-order valence-corrected chi connectivity index (χ0v) is 12.5. The molecular formula is C18H20N2O. The number of hydrogen-bond donors (Lipinski definition) is 1. The molecule has 21 heavy (non-hydrogen) atoms. The SMILES string of the molecule is CCC(N)c1ccccc1OCc1ccc(C#N)cc1C. The molecule has 2 rings (SSSR count). The van der Waals surface area contributed by atoms with Crippen molar-refractivity contribution >= 4 is 0 Å². The lowest BCUT2D eigenvalue weighted by Gasteiger charge is -2.16. The third-order valence-electron chi connectivity index (χ3n) is 3.61. The van der Waals surface area contributed by atoms with Gasteiger partial charge in [-0.15, -0.1) is 0 Å². The van der Waals surface area contributed by atoms with Crippen LogP contribution in [0.2, 0.25) is 0 Å². The van der Waals surface area contributed by atoms with Crippen LogP contribution in [0.5, 0.6) is 5.75 Å². The third kappa shape index (κ3) is 3.62. The lowest BCUT2D eigenvalue weighted by molar-refractivity contribution is 0.300. The average molecular weight is 280 g/mol. The number of hydrogen-bond acceptors (Lipinski definition) is 3. The molecule has 0 aliphatic rings. The van der Waals surface area contributed by atoms with E-state index in [-0.39, 0.29) is 6.04 Å². The summed E-state index contributed by atoms with van der Waals surface area (Å²) in [6, 6.07) is 15.7. The zero-order chi connectivity index (χ0) is 15.2. The number of aryl methyl sites for hydroxylation is 1. The van der Waals surface area contributed by atoms with Crippen molar-refractivity contribution in [1.29, 1.82) is 5.26 Å². The topological polar surface area (TPSA) is 59.0 Å². The van der Waals surface area contributed by atoms with Gasteiger partial charge in [-0.25, -0.2) is 0 Å². The van der Waals surface area contributed by atoms with Crippen molar-refractivity contribution in [3.05, 3.63) is 64.7 Å². The van der Waals surface area contributed by atoms with Crippen LogP contribution in [0.25, 0.3) is 0 Å². The van der Waals surface area contributed by atoms with Gasteiger partial charge in [-0.3, -0.25) is 0 Å². The molecule has 3 nitrogen and oxygen atoms in total. The van der Waals surface area contributed by atoms with Crippen molar-refractivity contribution in [2.75, 3.05) is 0 Å². The molecule has 0 aliphatic carbocycles. The summed E-state index contributed by atoms with van der Waals surface area (Å²) in [5.41, 5.74) is 9.96. The van der Waals surface area contributed by atoms with Crippen LogP contribution < -0.4 is 10.5 Å². The molecule has 0 heterocycles. The number of para-hydroxylation sites is 1. The van der Waals surface area contributed by atoms with Crippen LogP contribution in [0.1, 0.15) is 41.6 Å². The van der Waals surface area contributed by atoms with E-state index in [9.17, 15) is 0 Å². The maximum atomic E-state index is 8.89. The molecule has 0 spiro atoms. The molecule has 0 aromatic heterocycles. The first-order valence-electron chi connectivity index (χ1n) is 7.12. The Bertz CT molecular complexity index is 659.